The third-order valence-electron chi connectivity index (χ3n) is 3.75. The first-order chi connectivity index (χ1) is 12.9. The summed E-state index contributed by atoms with van der Waals surface area (Å²) in [6, 6.07) is 2.82. The molecule has 1 amide bonds. The minimum atomic E-state index is -1.04. The Bertz CT molecular complexity index is 849. The Morgan fingerprint density at radius 1 is 1.52 bits per heavy atom. The smallest absolute Gasteiger partial charge is 0.328 e. The van der Waals surface area contributed by atoms with Crippen LogP contribution in [0, 0.1) is 0 Å². The van der Waals surface area contributed by atoms with Crippen molar-refractivity contribution in [1.82, 2.24) is 9.91 Å². The summed E-state index contributed by atoms with van der Waals surface area (Å²) in [5.41, 5.74) is 0.649. The van der Waals surface area contributed by atoms with Crippen LogP contribution in [-0.2, 0) is 19.1 Å². The molecule has 0 unspecified atom stereocenters. The normalized spacial score (nSPS) is 21.1. The van der Waals surface area contributed by atoms with E-state index in [2.05, 4.69) is 5.10 Å². The Kier molecular flexibility index (Phi) is 5.92. The van der Waals surface area contributed by atoms with Gasteiger partial charge in [0.15, 0.2) is 6.04 Å². The Hall–Kier alpha value is -2.24. The lowest BCUT2D eigenvalue weighted by Crippen LogP contribution is -2.35. The number of aliphatic carboxylic acids is 1. The van der Waals surface area contributed by atoms with Crippen LogP contribution in [-0.4, -0.2) is 62.1 Å². The molecule has 0 aromatic carbocycles. The Balaban J connectivity index is 1.81. The molecule has 0 aliphatic carbocycles. The number of hydrogen-bond acceptors (Lipinski definition) is 9. The van der Waals surface area contributed by atoms with Crippen LogP contribution in [0.2, 0.25) is 0 Å². The van der Waals surface area contributed by atoms with Gasteiger partial charge in [-0.05, 0) is 18.4 Å². The summed E-state index contributed by atoms with van der Waals surface area (Å²) in [6.07, 6.45) is 1.61. The first-order valence-corrected chi connectivity index (χ1v) is 10.0. The van der Waals surface area contributed by atoms with Gasteiger partial charge in [-0.1, -0.05) is 30.0 Å². The average molecular weight is 426 g/mol. The lowest BCUT2D eigenvalue weighted by atomic mass is 10.1. The maximum atomic E-state index is 12.6. The van der Waals surface area contributed by atoms with Gasteiger partial charge in [-0.15, -0.1) is 11.3 Å². The fourth-order valence-electron chi connectivity index (χ4n) is 2.52. The first kappa shape index (κ1) is 19.5. The minimum Gasteiger partial charge on any atom is -0.480 e. The average Bonchev–Trinajstić information content (AvgIpc) is 3.32. The number of hydrogen-bond donors (Lipinski definition) is 1. The molecule has 3 heterocycles. The summed E-state index contributed by atoms with van der Waals surface area (Å²) in [5, 5.41) is 17.0. The van der Waals surface area contributed by atoms with Gasteiger partial charge >= 0.3 is 11.9 Å². The molecule has 1 atom stereocenters. The Morgan fingerprint density at radius 3 is 2.93 bits per heavy atom. The van der Waals surface area contributed by atoms with Crippen molar-refractivity contribution < 1.29 is 24.2 Å². The fourth-order valence-corrected chi connectivity index (χ4v) is 4.46. The first-order valence-electron chi connectivity index (χ1n) is 7.94. The SMILES string of the molecule is CCOC(=O)CN1C(=O)/C(=C/N2N=C(c3cccs3)C[C@@H]2C(=O)O)SC1=S. The van der Waals surface area contributed by atoms with Crippen molar-refractivity contribution in [2.24, 2.45) is 5.10 Å². The second-order valence-corrected chi connectivity index (χ2v) is 8.14. The standard InChI is InChI=1S/C16H15N3O5S3/c1-2-24-13(20)8-18-14(21)12(27-16(18)25)7-19-10(15(22)23)6-9(17-19)11-4-3-5-26-11/h3-5,7,10H,2,6,8H2,1H3,(H,22,23)/b12-7-/t10-/m1/s1. The summed E-state index contributed by atoms with van der Waals surface area (Å²) in [5.74, 6) is -2.07. The van der Waals surface area contributed by atoms with E-state index in [0.29, 0.717) is 5.71 Å². The Morgan fingerprint density at radius 2 is 2.30 bits per heavy atom. The number of rotatable bonds is 6. The summed E-state index contributed by atoms with van der Waals surface area (Å²) < 4.78 is 5.06. The molecule has 27 heavy (non-hydrogen) atoms. The molecule has 1 aromatic rings. The second kappa shape index (κ2) is 8.19. The van der Waals surface area contributed by atoms with Crippen molar-refractivity contribution in [3.8, 4) is 0 Å². The zero-order chi connectivity index (χ0) is 19.6. The molecule has 1 N–H and O–H groups in total. The van der Waals surface area contributed by atoms with Crippen LogP contribution in [0.1, 0.15) is 18.2 Å². The van der Waals surface area contributed by atoms with Gasteiger partial charge in [0.1, 0.15) is 10.9 Å². The van der Waals surface area contributed by atoms with Crippen LogP contribution in [0.15, 0.2) is 33.7 Å². The molecule has 1 saturated heterocycles. The van der Waals surface area contributed by atoms with Crippen LogP contribution in [0.5, 0.6) is 0 Å². The number of nitrogens with zero attached hydrogens (tertiary/aromatic N) is 3. The number of thiophene rings is 1. The van der Waals surface area contributed by atoms with Gasteiger partial charge < -0.3 is 9.84 Å². The molecular formula is C16H15N3O5S3. The van der Waals surface area contributed by atoms with E-state index in [4.69, 9.17) is 17.0 Å². The lowest BCUT2D eigenvalue weighted by Gasteiger charge is -2.16. The van der Waals surface area contributed by atoms with Crippen LogP contribution < -0.4 is 0 Å². The highest BCUT2D eigenvalue weighted by Crippen LogP contribution is 2.33. The van der Waals surface area contributed by atoms with Crippen molar-refractivity contribution in [3.63, 3.8) is 0 Å². The molecule has 1 aromatic heterocycles. The molecule has 3 rings (SSSR count). The van der Waals surface area contributed by atoms with Crippen molar-refractivity contribution in [2.75, 3.05) is 13.2 Å². The van der Waals surface area contributed by atoms with Gasteiger partial charge in [0.05, 0.1) is 22.1 Å². The van der Waals surface area contributed by atoms with Crippen LogP contribution in [0.25, 0.3) is 0 Å². The highest BCUT2D eigenvalue weighted by atomic mass is 32.2. The molecule has 0 spiro atoms. The molecule has 11 heteroatoms. The molecule has 0 bridgehead atoms. The topological polar surface area (TPSA) is 99.5 Å². The maximum Gasteiger partial charge on any atom is 0.328 e. The number of amides is 1. The van der Waals surface area contributed by atoms with E-state index in [1.807, 2.05) is 17.5 Å². The van der Waals surface area contributed by atoms with Crippen molar-refractivity contribution in [2.45, 2.75) is 19.4 Å². The number of ether oxygens (including phenoxy) is 1. The number of thiocarbonyl (C=S) groups is 1. The third kappa shape index (κ3) is 4.20. The molecule has 0 radical (unpaired) electrons. The summed E-state index contributed by atoms with van der Waals surface area (Å²) in [7, 11) is 0. The minimum absolute atomic E-state index is 0.206. The fraction of sp³-hybridized carbons (Fsp3) is 0.312. The van der Waals surface area contributed by atoms with E-state index in [1.165, 1.54) is 22.5 Å². The van der Waals surface area contributed by atoms with Crippen molar-refractivity contribution in [1.29, 1.82) is 0 Å². The van der Waals surface area contributed by atoms with Crippen LogP contribution >= 0.6 is 35.3 Å². The number of thioether (sulfide) groups is 1. The zero-order valence-corrected chi connectivity index (χ0v) is 16.6. The summed E-state index contributed by atoms with van der Waals surface area (Å²) in [4.78, 5) is 38.0. The molecule has 0 saturated carbocycles. The number of hydrazone groups is 1. The van der Waals surface area contributed by atoms with Gasteiger partial charge in [-0.25, -0.2) is 4.79 Å². The predicted octanol–water partition coefficient (Wildman–Crippen LogP) is 1.88. The number of carbonyl (C=O) groups excluding carboxylic acids is 2. The van der Waals surface area contributed by atoms with Crippen LogP contribution in [0.3, 0.4) is 0 Å². The van der Waals surface area contributed by atoms with Crippen LogP contribution in [0.4, 0.5) is 0 Å². The van der Waals surface area contributed by atoms with Crippen molar-refractivity contribution in [3.05, 3.63) is 33.5 Å². The second-order valence-electron chi connectivity index (χ2n) is 5.52. The maximum absolute atomic E-state index is 12.6. The van der Waals surface area contributed by atoms with E-state index in [1.54, 1.807) is 6.92 Å². The number of carboxylic acids is 1. The van der Waals surface area contributed by atoms with Gasteiger partial charge in [0, 0.05) is 12.6 Å². The van der Waals surface area contributed by atoms with Gasteiger partial charge in [-0.3, -0.25) is 19.5 Å². The molecule has 2 aliphatic rings. The monoisotopic (exact) mass is 425 g/mol. The largest absolute Gasteiger partial charge is 0.480 e. The van der Waals surface area contributed by atoms with Gasteiger partial charge in [0.25, 0.3) is 5.91 Å². The molecule has 2 aliphatic heterocycles. The Labute approximate surface area is 168 Å². The zero-order valence-electron chi connectivity index (χ0n) is 14.2. The van der Waals surface area contributed by atoms with Crippen molar-refractivity contribution >= 4 is 63.2 Å². The van der Waals surface area contributed by atoms with Gasteiger partial charge in [-0.2, -0.15) is 5.10 Å². The van der Waals surface area contributed by atoms with Gasteiger partial charge in [0.2, 0.25) is 0 Å². The van der Waals surface area contributed by atoms with E-state index in [0.717, 1.165) is 21.5 Å². The third-order valence-corrected chi connectivity index (χ3v) is 6.03. The number of carbonyl (C=O) groups is 3. The molecule has 8 nitrogen and oxygen atoms in total. The quantitative estimate of drug-likeness (QED) is 0.419. The van der Waals surface area contributed by atoms with E-state index in [9.17, 15) is 19.5 Å². The highest BCUT2D eigenvalue weighted by molar-refractivity contribution is 8.26. The molecule has 142 valence electrons. The molecular weight excluding hydrogens is 410 g/mol. The lowest BCUT2D eigenvalue weighted by molar-refractivity contribution is -0.145. The predicted molar refractivity (Wildman–Crippen MR) is 105 cm³/mol. The number of carboxylic acid groups (broad SMARTS) is 1. The van der Waals surface area contributed by atoms with E-state index >= 15 is 0 Å². The number of esters is 1. The van der Waals surface area contributed by atoms with E-state index < -0.39 is 23.9 Å². The summed E-state index contributed by atoms with van der Waals surface area (Å²) >= 11 is 7.63. The molecule has 1 fully saturated rings. The highest BCUT2D eigenvalue weighted by Gasteiger charge is 2.37. The summed E-state index contributed by atoms with van der Waals surface area (Å²) in [6.45, 7) is 1.60. The van der Waals surface area contributed by atoms with E-state index in [-0.39, 0.29) is 28.8 Å².